The van der Waals surface area contributed by atoms with Crippen molar-refractivity contribution in [2.45, 2.75) is 62.8 Å². The van der Waals surface area contributed by atoms with Crippen LogP contribution in [0.15, 0.2) is 34.2 Å². The van der Waals surface area contributed by atoms with Crippen molar-refractivity contribution in [1.82, 2.24) is 14.1 Å². The van der Waals surface area contributed by atoms with E-state index in [9.17, 15) is 4.21 Å². The average Bonchev–Trinajstić information content (AvgIpc) is 3.18. The molecule has 0 radical (unpaired) electrons. The zero-order valence-electron chi connectivity index (χ0n) is 18.6. The highest BCUT2D eigenvalue weighted by atomic mass is 32.3. The zero-order chi connectivity index (χ0) is 20.6. The standard InChI is InChI=1S/C23H38N4OS/c1-5-23(2,3)19-9-11-21(12-10-19)29(4,28)27-14-13-24-22(27)26-17-15-25(16-18-26)20-7-6-8-20/h9-12,20,29H,5-8,13-18H2,1-4H3. The van der Waals surface area contributed by atoms with Gasteiger partial charge in [-0.3, -0.25) is 18.4 Å². The Morgan fingerprint density at radius 3 is 2.28 bits per heavy atom. The predicted molar refractivity (Wildman–Crippen MR) is 123 cm³/mol. The lowest BCUT2D eigenvalue weighted by Gasteiger charge is -2.45. The van der Waals surface area contributed by atoms with Crippen LogP contribution in [0.4, 0.5) is 0 Å². The molecule has 1 saturated heterocycles. The minimum Gasteiger partial charge on any atom is -0.340 e. The fourth-order valence-corrected chi connectivity index (χ4v) is 6.61. The Balaban J connectivity index is 1.46. The van der Waals surface area contributed by atoms with Crippen molar-refractivity contribution in [3.05, 3.63) is 29.8 Å². The van der Waals surface area contributed by atoms with E-state index < -0.39 is 10.1 Å². The molecule has 5 nitrogen and oxygen atoms in total. The molecule has 162 valence electrons. The number of benzene rings is 1. The molecule has 4 rings (SSSR count). The maximum absolute atomic E-state index is 13.9. The van der Waals surface area contributed by atoms with Gasteiger partial charge in [0, 0.05) is 43.4 Å². The molecule has 0 unspecified atom stereocenters. The highest BCUT2D eigenvalue weighted by Crippen LogP contribution is 2.31. The van der Waals surface area contributed by atoms with Crippen molar-refractivity contribution >= 4 is 16.1 Å². The van der Waals surface area contributed by atoms with Gasteiger partial charge in [-0.15, -0.1) is 0 Å². The summed E-state index contributed by atoms with van der Waals surface area (Å²) in [5.41, 5.74) is 1.46. The normalized spacial score (nSPS) is 22.6. The molecule has 1 saturated carbocycles. The fourth-order valence-electron chi connectivity index (χ4n) is 4.62. The van der Waals surface area contributed by atoms with Gasteiger partial charge in [0.25, 0.3) is 0 Å². The molecular formula is C23H38N4OS. The first-order valence-electron chi connectivity index (χ1n) is 11.3. The summed E-state index contributed by atoms with van der Waals surface area (Å²) in [7, 11) is -2.68. The number of nitrogens with zero attached hydrogens (tertiary/aromatic N) is 4. The molecule has 1 aromatic carbocycles. The van der Waals surface area contributed by atoms with Crippen LogP contribution in [0.3, 0.4) is 0 Å². The Kier molecular flexibility index (Phi) is 5.77. The van der Waals surface area contributed by atoms with E-state index >= 15 is 0 Å². The van der Waals surface area contributed by atoms with Crippen LogP contribution >= 0.6 is 0 Å². The van der Waals surface area contributed by atoms with E-state index in [0.29, 0.717) is 0 Å². The summed E-state index contributed by atoms with van der Waals surface area (Å²) >= 11 is 0. The van der Waals surface area contributed by atoms with Crippen molar-refractivity contribution in [2.75, 3.05) is 45.5 Å². The van der Waals surface area contributed by atoms with Gasteiger partial charge in [0.2, 0.25) is 5.96 Å². The van der Waals surface area contributed by atoms with Gasteiger partial charge < -0.3 is 4.90 Å². The minimum absolute atomic E-state index is 0.149. The molecule has 0 N–H and O–H groups in total. The molecule has 1 aliphatic carbocycles. The average molecular weight is 419 g/mol. The van der Waals surface area contributed by atoms with Crippen molar-refractivity contribution in [3.63, 3.8) is 0 Å². The predicted octanol–water partition coefficient (Wildman–Crippen LogP) is 3.14. The van der Waals surface area contributed by atoms with Crippen molar-refractivity contribution in [1.29, 1.82) is 0 Å². The first-order chi connectivity index (χ1) is 13.8. The Hall–Kier alpha value is -1.40. The third-order valence-electron chi connectivity index (χ3n) is 7.46. The van der Waals surface area contributed by atoms with Crippen LogP contribution in [-0.2, 0) is 15.5 Å². The first-order valence-corrected chi connectivity index (χ1v) is 13.4. The van der Waals surface area contributed by atoms with Gasteiger partial charge in [-0.05, 0) is 52.5 Å². The van der Waals surface area contributed by atoms with Crippen molar-refractivity contribution in [2.24, 2.45) is 4.99 Å². The summed E-state index contributed by atoms with van der Waals surface area (Å²) in [6, 6.07) is 9.30. The van der Waals surface area contributed by atoms with Crippen LogP contribution in [0.25, 0.3) is 0 Å². The second-order valence-corrected chi connectivity index (χ2v) is 12.3. The quantitative estimate of drug-likeness (QED) is 0.747. The monoisotopic (exact) mass is 418 g/mol. The molecule has 0 atom stereocenters. The second-order valence-electron chi connectivity index (χ2n) is 9.58. The molecule has 0 amide bonds. The van der Waals surface area contributed by atoms with Crippen LogP contribution in [-0.4, -0.2) is 75.8 Å². The summed E-state index contributed by atoms with van der Waals surface area (Å²) < 4.78 is 16.0. The summed E-state index contributed by atoms with van der Waals surface area (Å²) in [4.78, 5) is 10.7. The Bertz CT molecular complexity index is 792. The maximum atomic E-state index is 13.9. The van der Waals surface area contributed by atoms with E-state index in [4.69, 9.17) is 4.99 Å². The second kappa shape index (κ2) is 8.03. The smallest absolute Gasteiger partial charge is 0.207 e. The van der Waals surface area contributed by atoms with Crippen molar-refractivity contribution < 1.29 is 4.21 Å². The van der Waals surface area contributed by atoms with Gasteiger partial charge in [-0.25, -0.2) is 0 Å². The van der Waals surface area contributed by atoms with Gasteiger partial charge in [0.1, 0.15) is 0 Å². The topological polar surface area (TPSA) is 39.2 Å². The van der Waals surface area contributed by atoms with Crippen LogP contribution in [0, 0.1) is 0 Å². The van der Waals surface area contributed by atoms with Gasteiger partial charge in [-0.1, -0.05) is 39.3 Å². The largest absolute Gasteiger partial charge is 0.340 e. The molecule has 29 heavy (non-hydrogen) atoms. The molecule has 0 spiro atoms. The molecule has 0 bridgehead atoms. The molecule has 3 aliphatic rings. The zero-order valence-corrected chi connectivity index (χ0v) is 19.5. The number of hydrogen-bond donors (Lipinski definition) is 1. The van der Waals surface area contributed by atoms with E-state index in [2.05, 4.69) is 59.1 Å². The summed E-state index contributed by atoms with van der Waals surface area (Å²) in [6.45, 7) is 12.5. The van der Waals surface area contributed by atoms with Gasteiger partial charge >= 0.3 is 0 Å². The van der Waals surface area contributed by atoms with E-state index in [-0.39, 0.29) is 5.41 Å². The van der Waals surface area contributed by atoms with Gasteiger partial charge in [0.05, 0.1) is 13.1 Å². The van der Waals surface area contributed by atoms with E-state index in [1.807, 2.05) is 6.26 Å². The number of hydrogen-bond acceptors (Lipinski definition) is 4. The minimum atomic E-state index is -2.68. The lowest BCUT2D eigenvalue weighted by atomic mass is 9.82. The van der Waals surface area contributed by atoms with E-state index in [0.717, 1.165) is 62.6 Å². The number of thiol groups is 1. The molecular weight excluding hydrogens is 380 g/mol. The van der Waals surface area contributed by atoms with Crippen LogP contribution in [0.1, 0.15) is 52.0 Å². The Morgan fingerprint density at radius 2 is 1.72 bits per heavy atom. The molecule has 1 aromatic rings. The van der Waals surface area contributed by atoms with Crippen LogP contribution in [0.5, 0.6) is 0 Å². The number of guanidine groups is 1. The van der Waals surface area contributed by atoms with E-state index in [1.54, 1.807) is 0 Å². The maximum Gasteiger partial charge on any atom is 0.207 e. The molecule has 2 fully saturated rings. The Morgan fingerprint density at radius 1 is 1.07 bits per heavy atom. The molecule has 0 aromatic heterocycles. The third-order valence-corrected chi connectivity index (χ3v) is 10.0. The first kappa shape index (κ1) is 20.9. The Labute approximate surface area is 177 Å². The molecule has 2 aliphatic heterocycles. The SMILES string of the molecule is CCC(C)(C)c1ccc([SH](C)(=O)N2CCN=C2N2CCN(C3CCC3)CC2)cc1. The highest BCUT2D eigenvalue weighted by molar-refractivity contribution is 8.00. The van der Waals surface area contributed by atoms with Crippen LogP contribution < -0.4 is 0 Å². The highest BCUT2D eigenvalue weighted by Gasteiger charge is 2.35. The summed E-state index contributed by atoms with van der Waals surface area (Å²) in [5.74, 6) is 0.960. The van der Waals surface area contributed by atoms with Gasteiger partial charge in [-0.2, -0.15) is 0 Å². The number of rotatable bonds is 5. The lowest BCUT2D eigenvalue weighted by molar-refractivity contribution is 0.0833. The summed E-state index contributed by atoms with van der Waals surface area (Å²) in [5, 5.41) is 0. The summed E-state index contributed by atoms with van der Waals surface area (Å²) in [6.07, 6.45) is 7.12. The lowest BCUT2D eigenvalue weighted by Crippen LogP contribution is -2.57. The molecule has 2 heterocycles. The molecule has 6 heteroatoms. The van der Waals surface area contributed by atoms with Crippen molar-refractivity contribution in [3.8, 4) is 0 Å². The number of piperazine rings is 1. The number of aliphatic imine (C=N–C) groups is 1. The van der Waals surface area contributed by atoms with E-state index in [1.165, 1.54) is 24.8 Å². The van der Waals surface area contributed by atoms with Gasteiger partial charge in [0.15, 0.2) is 0 Å². The third kappa shape index (κ3) is 3.98. The van der Waals surface area contributed by atoms with Crippen LogP contribution in [0.2, 0.25) is 0 Å². The fraction of sp³-hybridized carbons (Fsp3) is 0.696.